The van der Waals surface area contributed by atoms with Gasteiger partial charge >= 0.3 is 0 Å². The lowest BCUT2D eigenvalue weighted by molar-refractivity contribution is -0.113. The van der Waals surface area contributed by atoms with E-state index in [1.807, 2.05) is 0 Å². The summed E-state index contributed by atoms with van der Waals surface area (Å²) in [4.78, 5) is 30.4. The Bertz CT molecular complexity index is 1410. The van der Waals surface area contributed by atoms with Crippen molar-refractivity contribution in [3.8, 4) is 5.69 Å². The molecule has 3 aromatic carbocycles. The quantitative estimate of drug-likeness (QED) is 0.178. The molecule has 32 heavy (non-hydrogen) atoms. The van der Waals surface area contributed by atoms with Crippen LogP contribution < -0.4 is 10.9 Å². The van der Waals surface area contributed by atoms with Crippen LogP contribution in [0.2, 0.25) is 20.1 Å². The summed E-state index contributed by atoms with van der Waals surface area (Å²) in [6.45, 7) is 0. The molecule has 162 valence electrons. The number of nitrogens with one attached hydrogen (secondary N) is 1. The molecule has 5 nitrogen and oxygen atoms in total. The van der Waals surface area contributed by atoms with Gasteiger partial charge in [-0.2, -0.15) is 0 Å². The number of para-hydroxylation sites is 2. The lowest BCUT2D eigenvalue weighted by atomic mass is 10.2. The zero-order chi connectivity index (χ0) is 22.8. The van der Waals surface area contributed by atoms with E-state index >= 15 is 0 Å². The molecule has 0 aliphatic carbocycles. The van der Waals surface area contributed by atoms with Crippen molar-refractivity contribution in [3.63, 3.8) is 0 Å². The third-order valence-corrected chi connectivity index (χ3v) is 6.75. The van der Waals surface area contributed by atoms with E-state index in [-0.39, 0.29) is 32.3 Å². The van der Waals surface area contributed by atoms with Crippen LogP contribution in [0.5, 0.6) is 0 Å². The van der Waals surface area contributed by atoms with Gasteiger partial charge in [-0.15, -0.1) is 0 Å². The maximum atomic E-state index is 13.3. The molecular weight excluding hydrogens is 512 g/mol. The lowest BCUT2D eigenvalue weighted by Gasteiger charge is -2.14. The van der Waals surface area contributed by atoms with Gasteiger partial charge in [-0.05, 0) is 36.4 Å². The van der Waals surface area contributed by atoms with E-state index in [4.69, 9.17) is 46.4 Å². The number of carbonyl (C=O) groups excluding carboxylic acids is 1. The molecule has 1 aromatic heterocycles. The van der Waals surface area contributed by atoms with E-state index in [1.54, 1.807) is 48.5 Å². The largest absolute Gasteiger partial charge is 0.324 e. The fourth-order valence-corrected chi connectivity index (χ4v) is 4.61. The Morgan fingerprint density at radius 1 is 0.906 bits per heavy atom. The van der Waals surface area contributed by atoms with Gasteiger partial charge in [0, 0.05) is 0 Å². The van der Waals surface area contributed by atoms with Crippen LogP contribution in [0.3, 0.4) is 0 Å². The number of nitrogens with zero attached hydrogens (tertiary/aromatic N) is 2. The molecule has 0 unspecified atom stereocenters. The number of halogens is 4. The van der Waals surface area contributed by atoms with E-state index in [1.165, 1.54) is 16.7 Å². The molecule has 4 rings (SSSR count). The van der Waals surface area contributed by atoms with Gasteiger partial charge in [0.05, 0.1) is 48.1 Å². The molecule has 0 saturated heterocycles. The number of anilines is 1. The monoisotopic (exact) mass is 523 g/mol. The second kappa shape index (κ2) is 9.73. The molecule has 4 aromatic rings. The molecule has 1 N–H and O–H groups in total. The van der Waals surface area contributed by atoms with Gasteiger partial charge in [0.2, 0.25) is 5.91 Å². The van der Waals surface area contributed by atoms with Crippen molar-refractivity contribution < 1.29 is 4.79 Å². The topological polar surface area (TPSA) is 64.0 Å². The molecule has 0 radical (unpaired) electrons. The standard InChI is InChI=1S/C22H13Cl4N3O2S/c23-13-6-2-4-8-19(13)29-21(31)12-5-1-3-7-17(12)28-22(29)32-11-20(30)27-18-10-15(25)14(24)9-16(18)26/h1-10H,11H2,(H,27,30). The summed E-state index contributed by atoms with van der Waals surface area (Å²) in [6, 6.07) is 16.9. The summed E-state index contributed by atoms with van der Waals surface area (Å²) >= 11 is 25.5. The van der Waals surface area contributed by atoms with Crippen LogP contribution >= 0.6 is 58.2 Å². The van der Waals surface area contributed by atoms with Crippen LogP contribution in [-0.4, -0.2) is 21.2 Å². The van der Waals surface area contributed by atoms with Gasteiger partial charge in [-0.25, -0.2) is 4.98 Å². The van der Waals surface area contributed by atoms with Crippen molar-refractivity contribution in [2.75, 3.05) is 11.1 Å². The number of aromatic nitrogens is 2. The maximum Gasteiger partial charge on any atom is 0.266 e. The zero-order valence-corrected chi connectivity index (χ0v) is 20.0. The molecule has 0 atom stereocenters. The maximum absolute atomic E-state index is 13.3. The van der Waals surface area contributed by atoms with Gasteiger partial charge in [-0.3, -0.25) is 14.2 Å². The van der Waals surface area contributed by atoms with Crippen LogP contribution in [-0.2, 0) is 4.79 Å². The number of carbonyl (C=O) groups is 1. The molecule has 0 bridgehead atoms. The zero-order valence-electron chi connectivity index (χ0n) is 16.1. The Morgan fingerprint density at radius 3 is 2.38 bits per heavy atom. The summed E-state index contributed by atoms with van der Waals surface area (Å²) in [5, 5.41) is 4.67. The van der Waals surface area contributed by atoms with Crippen LogP contribution in [0.15, 0.2) is 70.6 Å². The van der Waals surface area contributed by atoms with Crippen LogP contribution in [0.4, 0.5) is 5.69 Å². The molecule has 0 aliphatic rings. The molecule has 0 spiro atoms. The van der Waals surface area contributed by atoms with Crippen molar-refractivity contribution in [3.05, 3.63) is 91.1 Å². The smallest absolute Gasteiger partial charge is 0.266 e. The number of thioether (sulfide) groups is 1. The average molecular weight is 525 g/mol. The van der Waals surface area contributed by atoms with Gasteiger partial charge in [-0.1, -0.05) is 82.4 Å². The van der Waals surface area contributed by atoms with E-state index in [2.05, 4.69) is 10.3 Å². The first-order valence-corrected chi connectivity index (χ1v) is 11.7. The molecule has 0 fully saturated rings. The number of fused-ring (bicyclic) bond motifs is 1. The fourth-order valence-electron chi connectivity index (χ4n) is 2.99. The number of rotatable bonds is 5. The summed E-state index contributed by atoms with van der Waals surface area (Å²) in [6.07, 6.45) is 0. The molecule has 0 saturated carbocycles. The third kappa shape index (κ3) is 4.75. The van der Waals surface area contributed by atoms with E-state index in [0.717, 1.165) is 11.8 Å². The highest BCUT2D eigenvalue weighted by Gasteiger charge is 2.17. The molecular formula is C22H13Cl4N3O2S. The minimum Gasteiger partial charge on any atom is -0.324 e. The number of hydrogen-bond donors (Lipinski definition) is 1. The fraction of sp³-hybridized carbons (Fsp3) is 0.0455. The van der Waals surface area contributed by atoms with Crippen LogP contribution in [0.25, 0.3) is 16.6 Å². The van der Waals surface area contributed by atoms with Crippen molar-refractivity contribution in [1.29, 1.82) is 0 Å². The van der Waals surface area contributed by atoms with Gasteiger partial charge in [0.15, 0.2) is 5.16 Å². The highest BCUT2D eigenvalue weighted by molar-refractivity contribution is 7.99. The molecule has 1 amide bonds. The Kier molecular flexibility index (Phi) is 6.98. The second-order valence-electron chi connectivity index (χ2n) is 6.59. The van der Waals surface area contributed by atoms with Crippen molar-refractivity contribution in [2.24, 2.45) is 0 Å². The van der Waals surface area contributed by atoms with Gasteiger partial charge in [0.1, 0.15) is 0 Å². The minimum atomic E-state index is -0.358. The summed E-state index contributed by atoms with van der Waals surface area (Å²) in [5.74, 6) is -0.394. The van der Waals surface area contributed by atoms with Gasteiger partial charge in [0.25, 0.3) is 5.56 Å². The van der Waals surface area contributed by atoms with E-state index in [9.17, 15) is 9.59 Å². The van der Waals surface area contributed by atoms with Crippen LogP contribution in [0, 0.1) is 0 Å². The summed E-state index contributed by atoms with van der Waals surface area (Å²) in [7, 11) is 0. The molecule has 10 heteroatoms. The van der Waals surface area contributed by atoms with E-state index in [0.29, 0.717) is 32.5 Å². The SMILES string of the molecule is O=C(CSc1nc2ccccc2c(=O)n1-c1ccccc1Cl)Nc1cc(Cl)c(Cl)cc1Cl. The van der Waals surface area contributed by atoms with Crippen molar-refractivity contribution in [1.82, 2.24) is 9.55 Å². The second-order valence-corrected chi connectivity index (χ2v) is 9.16. The Labute approximate surface area is 207 Å². The predicted octanol–water partition coefficient (Wildman–Crippen LogP) is 6.73. The normalized spacial score (nSPS) is 11.0. The summed E-state index contributed by atoms with van der Waals surface area (Å²) < 4.78 is 1.41. The van der Waals surface area contributed by atoms with Crippen LogP contribution in [0.1, 0.15) is 0 Å². The number of amides is 1. The lowest BCUT2D eigenvalue weighted by Crippen LogP contribution is -2.23. The van der Waals surface area contributed by atoms with Crippen molar-refractivity contribution >= 4 is 80.7 Å². The Balaban J connectivity index is 1.68. The first-order valence-electron chi connectivity index (χ1n) is 9.19. The first-order chi connectivity index (χ1) is 15.3. The summed E-state index contributed by atoms with van der Waals surface area (Å²) in [5.41, 5.74) is 1.06. The highest BCUT2D eigenvalue weighted by atomic mass is 35.5. The predicted molar refractivity (Wildman–Crippen MR) is 133 cm³/mol. The third-order valence-electron chi connectivity index (χ3n) is 4.45. The van der Waals surface area contributed by atoms with E-state index < -0.39 is 0 Å². The highest BCUT2D eigenvalue weighted by Crippen LogP contribution is 2.32. The number of benzene rings is 3. The van der Waals surface area contributed by atoms with Crippen molar-refractivity contribution in [2.45, 2.75) is 5.16 Å². The Morgan fingerprint density at radius 2 is 1.59 bits per heavy atom. The molecule has 1 heterocycles. The van der Waals surface area contributed by atoms with Gasteiger partial charge < -0.3 is 5.32 Å². The average Bonchev–Trinajstić information content (AvgIpc) is 2.77. The number of hydrogen-bond acceptors (Lipinski definition) is 4. The Hall–Kier alpha value is -2.22. The molecule has 0 aliphatic heterocycles. The first kappa shape index (κ1) is 23.0. The minimum absolute atomic E-state index is 0.0359.